The summed E-state index contributed by atoms with van der Waals surface area (Å²) in [6, 6.07) is 0. The molecule has 0 heterocycles. The number of alkyl halides is 1. The molecule has 0 aliphatic rings. The Morgan fingerprint density at radius 2 is 2.00 bits per heavy atom. The average molecular weight is 194 g/mol. The van der Waals surface area contributed by atoms with Gasteiger partial charge in [0.05, 0.1) is 0 Å². The van der Waals surface area contributed by atoms with E-state index in [-0.39, 0.29) is 58.2 Å². The van der Waals surface area contributed by atoms with Crippen molar-refractivity contribution in [2.75, 3.05) is 0 Å². The van der Waals surface area contributed by atoms with Gasteiger partial charge in [0.25, 0.3) is 0 Å². The molecule has 1 unspecified atom stereocenters. The number of halogens is 1. The van der Waals surface area contributed by atoms with Crippen LogP contribution in [0.15, 0.2) is 0 Å². The predicted molar refractivity (Wildman–Crippen MR) is 28.7 cm³/mol. The van der Waals surface area contributed by atoms with Gasteiger partial charge in [0.2, 0.25) is 0 Å². The zero-order valence-corrected chi connectivity index (χ0v) is 9.98. The second kappa shape index (κ2) is 5.70. The van der Waals surface area contributed by atoms with Crippen molar-refractivity contribution in [2.45, 2.75) is 12.3 Å². The van der Waals surface area contributed by atoms with Crippen molar-refractivity contribution in [1.82, 2.24) is 0 Å². The van der Waals surface area contributed by atoms with Crippen molar-refractivity contribution in [2.24, 2.45) is 0 Å². The van der Waals surface area contributed by atoms with Crippen LogP contribution in [0.1, 0.15) is 6.92 Å². The Labute approximate surface area is 96.0 Å². The van der Waals surface area contributed by atoms with E-state index in [0.717, 1.165) is 0 Å². The smallest absolute Gasteiger partial charge is 0.321 e. The van der Waals surface area contributed by atoms with Gasteiger partial charge in [0.1, 0.15) is 5.38 Å². The van der Waals surface area contributed by atoms with Crippen LogP contribution in [-0.2, 0) is 4.79 Å². The van der Waals surface area contributed by atoms with Crippen molar-refractivity contribution in [3.05, 3.63) is 0 Å². The fraction of sp³-hybridized carbons (Fsp3) is 0.667. The number of carbonyl (C=O) groups is 1. The van der Waals surface area contributed by atoms with Crippen molar-refractivity contribution in [3.63, 3.8) is 0 Å². The monoisotopic (exact) mass is 193 g/mol. The first-order valence-electron chi connectivity index (χ1n) is 1.51. The summed E-state index contributed by atoms with van der Waals surface area (Å²) in [5.74, 6) is -0.975. The minimum Gasteiger partial charge on any atom is -0.480 e. The first kappa shape index (κ1) is 11.4. The summed E-state index contributed by atoms with van der Waals surface area (Å²) in [5.41, 5.74) is 0. The van der Waals surface area contributed by atoms with E-state index in [4.69, 9.17) is 16.7 Å². The molecule has 7 heavy (non-hydrogen) atoms. The second-order valence-corrected chi connectivity index (χ2v) is 1.61. The number of aliphatic carboxylic acids is 1. The summed E-state index contributed by atoms with van der Waals surface area (Å²) in [6.07, 6.45) is 0. The quantitative estimate of drug-likeness (QED) is 0.610. The van der Waals surface area contributed by atoms with Crippen LogP contribution in [0.3, 0.4) is 0 Å². The molecule has 0 fully saturated rings. The molecular weight excluding hydrogens is 189 g/mol. The van der Waals surface area contributed by atoms with Crippen molar-refractivity contribution in [3.8, 4) is 0 Å². The molecule has 1 radical (unpaired) electrons. The largest absolute Gasteiger partial charge is 0.480 e. The number of rotatable bonds is 1. The van der Waals surface area contributed by atoms with E-state index >= 15 is 0 Å². The zero-order chi connectivity index (χ0) is 5.15. The molecule has 0 aliphatic carbocycles. The summed E-state index contributed by atoms with van der Waals surface area (Å²) < 4.78 is 0. The van der Waals surface area contributed by atoms with E-state index in [9.17, 15) is 4.79 Å². The van der Waals surface area contributed by atoms with Gasteiger partial charge in [-0.05, 0) is 6.92 Å². The van der Waals surface area contributed by atoms with Crippen molar-refractivity contribution >= 4 is 75.8 Å². The van der Waals surface area contributed by atoms with Crippen LogP contribution in [0.25, 0.3) is 0 Å². The molecule has 0 rings (SSSR count). The Kier molecular flexibility index (Phi) is 9.26. The Balaban J connectivity index is 0. The number of hydrogen-bond donors (Lipinski definition) is 1. The third-order valence-electron chi connectivity index (χ3n) is 0.340. The standard InChI is InChI=1S/C3H5ClO2.Rb/c1-2(4)3(5)6;/h2H,1H3,(H,5,6);. The van der Waals surface area contributed by atoms with E-state index in [1.807, 2.05) is 0 Å². The summed E-state index contributed by atoms with van der Waals surface area (Å²) in [6.45, 7) is 1.41. The van der Waals surface area contributed by atoms with Gasteiger partial charge in [-0.3, -0.25) is 4.79 Å². The van der Waals surface area contributed by atoms with Gasteiger partial charge >= 0.3 is 5.97 Å². The number of hydrogen-bond acceptors (Lipinski definition) is 1. The Morgan fingerprint density at radius 1 is 1.86 bits per heavy atom. The van der Waals surface area contributed by atoms with Gasteiger partial charge in [0.15, 0.2) is 0 Å². The van der Waals surface area contributed by atoms with E-state index in [0.29, 0.717) is 0 Å². The topological polar surface area (TPSA) is 37.3 Å². The molecule has 0 aliphatic heterocycles. The maximum atomic E-state index is 9.57. The first-order chi connectivity index (χ1) is 2.64. The van der Waals surface area contributed by atoms with E-state index in [1.54, 1.807) is 0 Å². The number of carboxylic acids is 1. The van der Waals surface area contributed by atoms with E-state index in [2.05, 4.69) is 0 Å². The third kappa shape index (κ3) is 7.57. The van der Waals surface area contributed by atoms with Gasteiger partial charge in [0, 0.05) is 58.2 Å². The molecule has 0 amide bonds. The Morgan fingerprint density at radius 3 is 2.00 bits per heavy atom. The summed E-state index contributed by atoms with van der Waals surface area (Å²) in [4.78, 5) is 9.57. The summed E-state index contributed by atoms with van der Waals surface area (Å²) >= 11 is 5.01. The molecule has 2 nitrogen and oxygen atoms in total. The molecule has 0 bridgehead atoms. The fourth-order valence-electron chi connectivity index (χ4n) is 0. The zero-order valence-electron chi connectivity index (χ0n) is 4.31. The van der Waals surface area contributed by atoms with Gasteiger partial charge in [-0.15, -0.1) is 11.6 Å². The normalized spacial score (nSPS) is 11.7. The summed E-state index contributed by atoms with van der Waals surface area (Å²) in [7, 11) is 0. The Bertz CT molecular complexity index is 64.0. The van der Waals surface area contributed by atoms with E-state index in [1.165, 1.54) is 6.92 Å². The van der Waals surface area contributed by atoms with Gasteiger partial charge in [-0.25, -0.2) is 0 Å². The van der Waals surface area contributed by atoms with Crippen LogP contribution >= 0.6 is 11.6 Å². The summed E-state index contributed by atoms with van der Waals surface area (Å²) in [5, 5.41) is 7.10. The molecular formula is C3H5ClO2Rb. The molecule has 1 N–H and O–H groups in total. The number of carboxylic acid groups (broad SMARTS) is 1. The van der Waals surface area contributed by atoms with E-state index < -0.39 is 11.3 Å². The van der Waals surface area contributed by atoms with Crippen molar-refractivity contribution in [1.29, 1.82) is 0 Å². The second-order valence-electron chi connectivity index (χ2n) is 0.954. The van der Waals surface area contributed by atoms with Gasteiger partial charge in [-0.2, -0.15) is 0 Å². The maximum absolute atomic E-state index is 9.57. The van der Waals surface area contributed by atoms with Crippen LogP contribution in [0.4, 0.5) is 0 Å². The van der Waals surface area contributed by atoms with Crippen LogP contribution in [0.5, 0.6) is 0 Å². The van der Waals surface area contributed by atoms with Gasteiger partial charge < -0.3 is 5.11 Å². The minimum atomic E-state index is -0.975. The molecule has 0 saturated carbocycles. The fourth-order valence-corrected chi connectivity index (χ4v) is 0. The predicted octanol–water partition coefficient (Wildman–Crippen LogP) is 0.318. The molecule has 0 spiro atoms. The van der Waals surface area contributed by atoms with Crippen molar-refractivity contribution < 1.29 is 9.90 Å². The van der Waals surface area contributed by atoms with Crippen LogP contribution in [-0.4, -0.2) is 74.6 Å². The molecule has 4 heteroatoms. The SMILES string of the molecule is CC(Cl)C(=O)O.[Rb]. The molecule has 0 aromatic heterocycles. The minimum absolute atomic E-state index is 0. The van der Waals surface area contributed by atoms with Crippen LogP contribution in [0.2, 0.25) is 0 Å². The first-order valence-corrected chi connectivity index (χ1v) is 1.95. The van der Waals surface area contributed by atoms with Crippen LogP contribution < -0.4 is 0 Å². The molecule has 0 aromatic rings. The maximum Gasteiger partial charge on any atom is 0.321 e. The third-order valence-corrected chi connectivity index (χ3v) is 0.527. The average Bonchev–Trinajstić information content (AvgIpc) is 1.36. The van der Waals surface area contributed by atoms with Gasteiger partial charge in [-0.1, -0.05) is 0 Å². The van der Waals surface area contributed by atoms with Crippen LogP contribution in [0, 0.1) is 0 Å². The molecule has 0 saturated heterocycles. The Hall–Kier alpha value is 1.57. The molecule has 0 aromatic carbocycles. The molecule has 37 valence electrons. The molecule has 1 atom stereocenters.